The van der Waals surface area contributed by atoms with Gasteiger partial charge in [-0.1, -0.05) is 6.42 Å². The summed E-state index contributed by atoms with van der Waals surface area (Å²) in [5, 5.41) is 12.7. The molecule has 0 aromatic rings. The maximum Gasteiger partial charge on any atom is 0.214 e. The van der Waals surface area contributed by atoms with Crippen LogP contribution in [0.25, 0.3) is 0 Å². The van der Waals surface area contributed by atoms with Crippen molar-refractivity contribution in [1.29, 1.82) is 0 Å². The molecule has 0 aromatic carbocycles. The first-order valence-electron chi connectivity index (χ1n) is 6.47. The molecule has 2 atom stereocenters. The molecule has 5 nitrogen and oxygen atoms in total. The van der Waals surface area contributed by atoms with Gasteiger partial charge in [0, 0.05) is 19.1 Å². The molecule has 2 aliphatic heterocycles. The first-order valence-corrected chi connectivity index (χ1v) is 8.08. The van der Waals surface area contributed by atoms with Crippen molar-refractivity contribution in [3.63, 3.8) is 0 Å². The van der Waals surface area contributed by atoms with Gasteiger partial charge in [-0.15, -0.1) is 0 Å². The number of nitrogens with one attached hydrogen (secondary N) is 1. The number of aliphatic hydroxyl groups is 1. The summed E-state index contributed by atoms with van der Waals surface area (Å²) in [6.07, 6.45) is 4.26. The molecule has 2 saturated heterocycles. The van der Waals surface area contributed by atoms with Crippen LogP contribution in [0.3, 0.4) is 0 Å². The summed E-state index contributed by atoms with van der Waals surface area (Å²) in [5.74, 6) is 0.206. The van der Waals surface area contributed by atoms with Crippen LogP contribution in [0.4, 0.5) is 0 Å². The number of sulfonamides is 1. The van der Waals surface area contributed by atoms with Crippen molar-refractivity contribution in [2.75, 3.05) is 25.4 Å². The summed E-state index contributed by atoms with van der Waals surface area (Å²) in [6, 6.07) is 0.353. The molecule has 0 radical (unpaired) electrons. The molecular formula is C11H22N2O3S. The van der Waals surface area contributed by atoms with E-state index in [1.807, 2.05) is 0 Å². The quantitative estimate of drug-likeness (QED) is 0.743. The highest BCUT2D eigenvalue weighted by Crippen LogP contribution is 2.17. The van der Waals surface area contributed by atoms with Crippen LogP contribution in [0, 0.1) is 0 Å². The number of hydrogen-bond acceptors (Lipinski definition) is 4. The lowest BCUT2D eigenvalue weighted by Gasteiger charge is -2.24. The summed E-state index contributed by atoms with van der Waals surface area (Å²) in [5.41, 5.74) is 0. The molecular weight excluding hydrogens is 240 g/mol. The fourth-order valence-corrected chi connectivity index (χ4v) is 4.18. The lowest BCUT2D eigenvalue weighted by atomic mass is 10.0. The van der Waals surface area contributed by atoms with Gasteiger partial charge in [-0.25, -0.2) is 8.42 Å². The molecule has 17 heavy (non-hydrogen) atoms. The predicted molar refractivity (Wildman–Crippen MR) is 66.2 cm³/mol. The van der Waals surface area contributed by atoms with Crippen LogP contribution < -0.4 is 5.32 Å². The van der Waals surface area contributed by atoms with E-state index in [4.69, 9.17) is 0 Å². The van der Waals surface area contributed by atoms with Gasteiger partial charge in [0.25, 0.3) is 0 Å². The zero-order valence-corrected chi connectivity index (χ0v) is 11.0. The largest absolute Gasteiger partial charge is 0.392 e. The minimum atomic E-state index is -3.16. The van der Waals surface area contributed by atoms with E-state index in [9.17, 15) is 13.5 Å². The number of aliphatic hydroxyl groups excluding tert-OH is 1. The molecule has 100 valence electrons. The highest BCUT2D eigenvalue weighted by Gasteiger charge is 2.30. The zero-order chi connectivity index (χ0) is 12.3. The van der Waals surface area contributed by atoms with Crippen molar-refractivity contribution in [2.24, 2.45) is 0 Å². The van der Waals surface area contributed by atoms with Crippen molar-refractivity contribution in [1.82, 2.24) is 9.62 Å². The first-order chi connectivity index (χ1) is 8.08. The van der Waals surface area contributed by atoms with Crippen molar-refractivity contribution in [2.45, 2.75) is 44.2 Å². The van der Waals surface area contributed by atoms with Crippen LogP contribution in [-0.2, 0) is 10.0 Å². The monoisotopic (exact) mass is 262 g/mol. The van der Waals surface area contributed by atoms with Crippen LogP contribution in [0.15, 0.2) is 0 Å². The van der Waals surface area contributed by atoms with E-state index < -0.39 is 16.1 Å². The molecule has 2 aliphatic rings. The minimum absolute atomic E-state index is 0.206. The van der Waals surface area contributed by atoms with Crippen molar-refractivity contribution in [3.8, 4) is 0 Å². The fraction of sp³-hybridized carbons (Fsp3) is 1.00. The lowest BCUT2D eigenvalue weighted by molar-refractivity contribution is 0.189. The fourth-order valence-electron chi connectivity index (χ4n) is 2.55. The van der Waals surface area contributed by atoms with Gasteiger partial charge in [0.1, 0.15) is 0 Å². The third kappa shape index (κ3) is 3.64. The Morgan fingerprint density at radius 1 is 1.29 bits per heavy atom. The van der Waals surface area contributed by atoms with E-state index >= 15 is 0 Å². The smallest absolute Gasteiger partial charge is 0.214 e. The van der Waals surface area contributed by atoms with Crippen LogP contribution in [0.2, 0.25) is 0 Å². The maximum absolute atomic E-state index is 12.0. The molecule has 2 heterocycles. The average Bonchev–Trinajstić information content (AvgIpc) is 2.76. The van der Waals surface area contributed by atoms with E-state index in [-0.39, 0.29) is 12.3 Å². The van der Waals surface area contributed by atoms with Gasteiger partial charge in [-0.3, -0.25) is 0 Å². The third-order valence-corrected chi connectivity index (χ3v) is 5.53. The van der Waals surface area contributed by atoms with E-state index in [1.165, 1.54) is 17.1 Å². The second-order valence-corrected chi connectivity index (χ2v) is 7.14. The zero-order valence-electron chi connectivity index (χ0n) is 10.1. The lowest BCUT2D eigenvalue weighted by Crippen LogP contribution is -2.38. The Labute approximate surface area is 103 Å². The van der Waals surface area contributed by atoms with E-state index in [0.29, 0.717) is 25.4 Å². The molecule has 6 heteroatoms. The van der Waals surface area contributed by atoms with Gasteiger partial charge in [0.15, 0.2) is 0 Å². The predicted octanol–water partition coefficient (Wildman–Crippen LogP) is -0.0850. The topological polar surface area (TPSA) is 69.6 Å². The number of rotatable bonds is 4. The molecule has 2 N–H and O–H groups in total. The Bertz CT molecular complexity index is 339. The standard InChI is InChI=1S/C11H22N2O3S/c14-11-4-7-13(9-11)17(15,16)8-5-10-3-1-2-6-12-10/h10-12,14H,1-9H2. The molecule has 0 aromatic heterocycles. The molecule has 0 aliphatic carbocycles. The second-order valence-electron chi connectivity index (χ2n) is 5.05. The van der Waals surface area contributed by atoms with Gasteiger partial charge < -0.3 is 10.4 Å². The Hall–Kier alpha value is -0.170. The Kier molecular flexibility index (Phi) is 4.41. The summed E-state index contributed by atoms with van der Waals surface area (Å²) in [6.45, 7) is 1.76. The van der Waals surface area contributed by atoms with Gasteiger partial charge in [0.2, 0.25) is 10.0 Å². The van der Waals surface area contributed by atoms with Crippen molar-refractivity contribution in [3.05, 3.63) is 0 Å². The van der Waals surface area contributed by atoms with Crippen molar-refractivity contribution < 1.29 is 13.5 Å². The molecule has 0 spiro atoms. The van der Waals surface area contributed by atoms with Crippen LogP contribution in [0.1, 0.15) is 32.1 Å². The Morgan fingerprint density at radius 2 is 2.12 bits per heavy atom. The summed E-state index contributed by atoms with van der Waals surface area (Å²) in [7, 11) is -3.16. The van der Waals surface area contributed by atoms with Gasteiger partial charge >= 0.3 is 0 Å². The molecule has 0 bridgehead atoms. The summed E-state index contributed by atoms with van der Waals surface area (Å²) < 4.78 is 25.4. The highest BCUT2D eigenvalue weighted by atomic mass is 32.2. The van der Waals surface area contributed by atoms with Crippen molar-refractivity contribution >= 4 is 10.0 Å². The molecule has 2 rings (SSSR count). The summed E-state index contributed by atoms with van der Waals surface area (Å²) in [4.78, 5) is 0. The highest BCUT2D eigenvalue weighted by molar-refractivity contribution is 7.89. The average molecular weight is 262 g/mol. The molecule has 0 amide bonds. The van der Waals surface area contributed by atoms with E-state index in [1.54, 1.807) is 0 Å². The van der Waals surface area contributed by atoms with Crippen LogP contribution in [0.5, 0.6) is 0 Å². The third-order valence-electron chi connectivity index (χ3n) is 3.66. The molecule has 2 fully saturated rings. The van der Waals surface area contributed by atoms with E-state index in [0.717, 1.165) is 13.0 Å². The molecule has 2 unspecified atom stereocenters. The minimum Gasteiger partial charge on any atom is -0.392 e. The number of β-amino-alcohol motifs (C(OH)–C–C–N with tert-alkyl or cyclic N) is 1. The summed E-state index contributed by atoms with van der Waals surface area (Å²) >= 11 is 0. The van der Waals surface area contributed by atoms with Crippen LogP contribution >= 0.6 is 0 Å². The van der Waals surface area contributed by atoms with Gasteiger partial charge in [-0.05, 0) is 32.2 Å². The number of nitrogens with zero attached hydrogens (tertiary/aromatic N) is 1. The van der Waals surface area contributed by atoms with E-state index in [2.05, 4.69) is 5.32 Å². The maximum atomic E-state index is 12.0. The first kappa shape index (κ1) is 13.3. The SMILES string of the molecule is O=S(=O)(CCC1CCCCN1)N1CCC(O)C1. The number of piperidine rings is 1. The Balaban J connectivity index is 1.80. The second kappa shape index (κ2) is 5.65. The number of hydrogen-bond donors (Lipinski definition) is 2. The van der Waals surface area contributed by atoms with Gasteiger partial charge in [-0.2, -0.15) is 4.31 Å². The molecule has 0 saturated carbocycles. The van der Waals surface area contributed by atoms with Gasteiger partial charge in [0.05, 0.1) is 11.9 Å². The Morgan fingerprint density at radius 3 is 2.71 bits per heavy atom. The van der Waals surface area contributed by atoms with Crippen LogP contribution in [-0.4, -0.2) is 55.4 Å². The normalized spacial score (nSPS) is 31.8.